The van der Waals surface area contributed by atoms with E-state index in [9.17, 15) is 4.79 Å². The van der Waals surface area contributed by atoms with Gasteiger partial charge >= 0.3 is 0 Å². The fourth-order valence-electron chi connectivity index (χ4n) is 5.51. The molecule has 1 aromatic heterocycles. The number of nitrogens with one attached hydrogen (secondary N) is 2. The van der Waals surface area contributed by atoms with E-state index in [1.807, 2.05) is 36.4 Å². The van der Waals surface area contributed by atoms with Gasteiger partial charge in [0.2, 0.25) is 0 Å². The van der Waals surface area contributed by atoms with Gasteiger partial charge in [-0.2, -0.15) is 0 Å². The number of fused-ring (bicyclic) bond motifs is 5. The number of nitrogens with zero attached hydrogens (tertiary/aromatic N) is 3. The first-order valence-corrected chi connectivity index (χ1v) is 12.8. The molecule has 3 aliphatic rings. The number of hydrogen-bond donors (Lipinski definition) is 2. The van der Waals surface area contributed by atoms with Crippen LogP contribution in [0.3, 0.4) is 0 Å². The standard InChI is InChI=1S/C29H29N5O2/c1-36-22-10-4-18(5-11-22)27-29(35)32-24-12-8-20(30-19-6-7-19)16-23(24)28-31-25-17-21(33-14-2-3-15-33)9-13-26(25)34(27)28/h4-5,8-13,16-17,19,27,30H,2-3,6-7,14-15H2,1H3,(H,32,35). The minimum absolute atomic E-state index is 0.0778. The number of hydrogen-bond acceptors (Lipinski definition) is 5. The highest BCUT2D eigenvalue weighted by atomic mass is 16.5. The normalized spacial score (nSPS) is 19.0. The maximum absolute atomic E-state index is 13.8. The summed E-state index contributed by atoms with van der Waals surface area (Å²) in [6.07, 6.45) is 4.85. The molecule has 1 saturated heterocycles. The van der Waals surface area contributed by atoms with E-state index in [2.05, 4.69) is 44.4 Å². The average molecular weight is 480 g/mol. The number of anilines is 3. The fourth-order valence-corrected chi connectivity index (χ4v) is 5.51. The van der Waals surface area contributed by atoms with Gasteiger partial charge in [0.1, 0.15) is 17.6 Å². The Balaban J connectivity index is 1.43. The highest BCUT2D eigenvalue weighted by Gasteiger charge is 2.33. The second-order valence-corrected chi connectivity index (χ2v) is 10.0. The summed E-state index contributed by atoms with van der Waals surface area (Å²) in [5.41, 5.74) is 6.73. The van der Waals surface area contributed by atoms with E-state index < -0.39 is 6.04 Å². The summed E-state index contributed by atoms with van der Waals surface area (Å²) in [5, 5.41) is 6.78. The zero-order chi connectivity index (χ0) is 24.2. The number of imidazole rings is 1. The summed E-state index contributed by atoms with van der Waals surface area (Å²) in [6, 6.07) is 20.4. The monoisotopic (exact) mass is 479 g/mol. The Morgan fingerprint density at radius 1 is 1.00 bits per heavy atom. The molecule has 7 heteroatoms. The molecule has 1 atom stereocenters. The van der Waals surface area contributed by atoms with Gasteiger partial charge < -0.3 is 24.8 Å². The number of benzene rings is 3. The summed E-state index contributed by atoms with van der Waals surface area (Å²) in [4.78, 5) is 21.3. The molecule has 0 spiro atoms. The molecule has 1 saturated carbocycles. The number of carbonyl (C=O) groups excluding carboxylic acids is 1. The first-order valence-electron chi connectivity index (χ1n) is 12.8. The van der Waals surface area contributed by atoms with Crippen LogP contribution in [0.2, 0.25) is 0 Å². The molecule has 3 heterocycles. The van der Waals surface area contributed by atoms with Crippen LogP contribution in [-0.2, 0) is 4.79 Å². The second kappa shape index (κ2) is 8.29. The molecule has 0 bridgehead atoms. The smallest absolute Gasteiger partial charge is 0.252 e. The fraction of sp³-hybridized carbons (Fsp3) is 0.310. The maximum atomic E-state index is 13.8. The Morgan fingerprint density at radius 2 is 1.81 bits per heavy atom. The van der Waals surface area contributed by atoms with Crippen molar-refractivity contribution < 1.29 is 9.53 Å². The number of methoxy groups -OCH3 is 1. The van der Waals surface area contributed by atoms with Crippen LogP contribution in [-0.4, -0.2) is 41.7 Å². The lowest BCUT2D eigenvalue weighted by atomic mass is 10.1. The molecule has 3 aromatic carbocycles. The summed E-state index contributed by atoms with van der Waals surface area (Å²) in [7, 11) is 1.65. The zero-order valence-electron chi connectivity index (χ0n) is 20.3. The van der Waals surface area contributed by atoms with Crippen LogP contribution in [0.25, 0.3) is 22.4 Å². The molecule has 2 aliphatic heterocycles. The minimum Gasteiger partial charge on any atom is -0.497 e. The molecule has 182 valence electrons. The maximum Gasteiger partial charge on any atom is 0.252 e. The molecule has 1 amide bonds. The van der Waals surface area contributed by atoms with Gasteiger partial charge in [-0.15, -0.1) is 0 Å². The van der Waals surface area contributed by atoms with Crippen molar-refractivity contribution in [2.45, 2.75) is 37.8 Å². The van der Waals surface area contributed by atoms with E-state index in [4.69, 9.17) is 9.72 Å². The Bertz CT molecular complexity index is 1470. The third-order valence-electron chi connectivity index (χ3n) is 7.55. The Kier molecular flexibility index (Phi) is 4.91. The van der Waals surface area contributed by atoms with Crippen LogP contribution in [0.1, 0.15) is 37.3 Å². The number of amides is 1. The van der Waals surface area contributed by atoms with Crippen molar-refractivity contribution >= 4 is 34.0 Å². The van der Waals surface area contributed by atoms with Crippen LogP contribution < -0.4 is 20.3 Å². The molecule has 1 unspecified atom stereocenters. The van der Waals surface area contributed by atoms with Gasteiger partial charge in [0.05, 0.1) is 23.8 Å². The molecular weight excluding hydrogens is 450 g/mol. The lowest BCUT2D eigenvalue weighted by molar-refractivity contribution is -0.118. The Morgan fingerprint density at radius 3 is 2.56 bits per heavy atom. The van der Waals surface area contributed by atoms with Gasteiger partial charge in [0.15, 0.2) is 0 Å². The van der Waals surface area contributed by atoms with Gasteiger partial charge in [0, 0.05) is 36.1 Å². The molecule has 1 aliphatic carbocycles. The summed E-state index contributed by atoms with van der Waals surface area (Å²) in [5.74, 6) is 1.49. The third-order valence-corrected chi connectivity index (χ3v) is 7.55. The van der Waals surface area contributed by atoms with E-state index in [0.29, 0.717) is 6.04 Å². The summed E-state index contributed by atoms with van der Waals surface area (Å²) in [6.45, 7) is 2.16. The van der Waals surface area contributed by atoms with Crippen molar-refractivity contribution in [2.75, 3.05) is 35.7 Å². The van der Waals surface area contributed by atoms with Crippen LogP contribution in [0, 0.1) is 0 Å². The molecular formula is C29H29N5O2. The van der Waals surface area contributed by atoms with Crippen LogP contribution in [0.15, 0.2) is 60.7 Å². The number of aromatic nitrogens is 2. The van der Waals surface area contributed by atoms with Gasteiger partial charge in [0.25, 0.3) is 5.91 Å². The lowest BCUT2D eigenvalue weighted by Crippen LogP contribution is -2.25. The highest BCUT2D eigenvalue weighted by molar-refractivity contribution is 6.03. The predicted molar refractivity (Wildman–Crippen MR) is 143 cm³/mol. The topological polar surface area (TPSA) is 71.4 Å². The molecule has 2 N–H and O–H groups in total. The van der Waals surface area contributed by atoms with E-state index in [1.54, 1.807) is 7.11 Å². The number of carbonyl (C=O) groups is 1. The van der Waals surface area contributed by atoms with E-state index in [1.165, 1.54) is 31.4 Å². The average Bonchev–Trinajstić information content (AvgIpc) is 3.43. The van der Waals surface area contributed by atoms with Gasteiger partial charge in [-0.1, -0.05) is 12.1 Å². The van der Waals surface area contributed by atoms with Crippen LogP contribution in [0.4, 0.5) is 17.1 Å². The highest BCUT2D eigenvalue weighted by Crippen LogP contribution is 2.41. The molecule has 0 radical (unpaired) electrons. The van der Waals surface area contributed by atoms with Crippen LogP contribution >= 0.6 is 0 Å². The quantitative estimate of drug-likeness (QED) is 0.400. The number of rotatable bonds is 5. The van der Waals surface area contributed by atoms with Gasteiger partial charge in [-0.05, 0) is 79.8 Å². The van der Waals surface area contributed by atoms with Crippen molar-refractivity contribution in [3.8, 4) is 17.1 Å². The van der Waals surface area contributed by atoms with Crippen molar-refractivity contribution in [2.24, 2.45) is 0 Å². The Labute approximate surface area is 210 Å². The van der Waals surface area contributed by atoms with Crippen molar-refractivity contribution in [1.29, 1.82) is 0 Å². The lowest BCUT2D eigenvalue weighted by Gasteiger charge is -2.20. The van der Waals surface area contributed by atoms with E-state index >= 15 is 0 Å². The van der Waals surface area contributed by atoms with Crippen molar-refractivity contribution in [3.05, 3.63) is 66.2 Å². The SMILES string of the molecule is COc1ccc(C2C(=O)Nc3ccc(NC4CC4)cc3-c3nc4cc(N5CCCC5)ccc4n32)cc1. The van der Waals surface area contributed by atoms with Gasteiger partial charge in [-0.25, -0.2) is 4.98 Å². The third kappa shape index (κ3) is 3.58. The minimum atomic E-state index is -0.555. The first kappa shape index (κ1) is 21.3. The zero-order valence-corrected chi connectivity index (χ0v) is 20.3. The summed E-state index contributed by atoms with van der Waals surface area (Å²) >= 11 is 0. The molecule has 36 heavy (non-hydrogen) atoms. The van der Waals surface area contributed by atoms with Crippen molar-refractivity contribution in [3.63, 3.8) is 0 Å². The molecule has 2 fully saturated rings. The summed E-state index contributed by atoms with van der Waals surface area (Å²) < 4.78 is 7.47. The largest absolute Gasteiger partial charge is 0.497 e. The van der Waals surface area contributed by atoms with E-state index in [0.717, 1.165) is 58.2 Å². The number of ether oxygens (including phenoxy) is 1. The Hall–Kier alpha value is -4.00. The second-order valence-electron chi connectivity index (χ2n) is 10.0. The molecule has 7 nitrogen and oxygen atoms in total. The van der Waals surface area contributed by atoms with Crippen molar-refractivity contribution in [1.82, 2.24) is 9.55 Å². The van der Waals surface area contributed by atoms with Gasteiger partial charge in [-0.3, -0.25) is 4.79 Å². The van der Waals surface area contributed by atoms with E-state index in [-0.39, 0.29) is 5.91 Å². The molecule has 4 aromatic rings. The first-order chi connectivity index (χ1) is 17.7. The predicted octanol–water partition coefficient (Wildman–Crippen LogP) is 5.43. The van der Waals surface area contributed by atoms with Crippen LogP contribution in [0.5, 0.6) is 5.75 Å². The molecule has 7 rings (SSSR count).